The molecule has 190 valence electrons. The highest BCUT2D eigenvalue weighted by molar-refractivity contribution is 7.99. The molecule has 0 saturated heterocycles. The van der Waals surface area contributed by atoms with Crippen LogP contribution in [0.1, 0.15) is 42.3 Å². The van der Waals surface area contributed by atoms with Crippen LogP contribution in [0.15, 0.2) is 75.5 Å². The van der Waals surface area contributed by atoms with E-state index in [4.69, 9.17) is 16.3 Å². The topological polar surface area (TPSA) is 120 Å². The maximum absolute atomic E-state index is 12.9. The minimum Gasteiger partial charge on any atom is -0.495 e. The van der Waals surface area contributed by atoms with Crippen molar-refractivity contribution in [1.29, 1.82) is 0 Å². The number of H-pyrrole nitrogens is 1. The number of hydrogen-bond acceptors (Lipinski definition) is 7. The lowest BCUT2D eigenvalue weighted by atomic mass is 9.85. The van der Waals surface area contributed by atoms with E-state index in [1.54, 1.807) is 42.5 Å². The van der Waals surface area contributed by atoms with Crippen molar-refractivity contribution in [3.63, 3.8) is 0 Å². The zero-order chi connectivity index (χ0) is 26.9. The molecule has 1 aromatic heterocycles. The Labute approximate surface area is 221 Å². The number of nitro groups is 1. The Morgan fingerprint density at radius 3 is 2.43 bits per heavy atom. The third kappa shape index (κ3) is 5.30. The third-order valence-electron chi connectivity index (χ3n) is 5.62. The predicted octanol–water partition coefficient (Wildman–Crippen LogP) is 5.81. The minimum atomic E-state index is -0.565. The van der Waals surface area contributed by atoms with E-state index in [0.717, 1.165) is 17.3 Å². The molecule has 11 heteroatoms. The Kier molecular flexibility index (Phi) is 7.24. The Morgan fingerprint density at radius 1 is 1.11 bits per heavy atom. The van der Waals surface area contributed by atoms with Gasteiger partial charge in [0.25, 0.3) is 5.69 Å². The standard InChI is InChI=1S/C26H23ClN4O5S/c1-26(2,3)17-13-21(36-4)18(27)14-19(17)30-24(33)28-29-25(30)37-22-11-10-16(12-20(22)31(34)35)23(32)15-8-6-5-7-9-15/h5-14H,1-4H3,(H,28,33). The summed E-state index contributed by atoms with van der Waals surface area (Å²) < 4.78 is 6.69. The highest BCUT2D eigenvalue weighted by atomic mass is 35.5. The molecular formula is C26H23ClN4O5S. The van der Waals surface area contributed by atoms with Crippen LogP contribution in [0.4, 0.5) is 5.69 Å². The van der Waals surface area contributed by atoms with Crippen LogP contribution >= 0.6 is 23.4 Å². The molecule has 0 aliphatic carbocycles. The molecule has 4 rings (SSSR count). The first-order valence-corrected chi connectivity index (χ1v) is 12.3. The second-order valence-electron chi connectivity index (χ2n) is 9.14. The van der Waals surface area contributed by atoms with E-state index in [2.05, 4.69) is 10.2 Å². The fourth-order valence-corrected chi connectivity index (χ4v) is 4.96. The van der Waals surface area contributed by atoms with Crippen molar-refractivity contribution in [3.05, 3.63) is 103 Å². The maximum Gasteiger partial charge on any atom is 0.348 e. The number of carbonyl (C=O) groups excluding carboxylic acids is 1. The normalized spacial score (nSPS) is 11.4. The maximum atomic E-state index is 12.9. The highest BCUT2D eigenvalue weighted by Crippen LogP contribution is 2.39. The largest absolute Gasteiger partial charge is 0.495 e. The van der Waals surface area contributed by atoms with Gasteiger partial charge in [0.1, 0.15) is 5.75 Å². The summed E-state index contributed by atoms with van der Waals surface area (Å²) in [5.74, 6) is 0.120. The van der Waals surface area contributed by atoms with Gasteiger partial charge in [0.05, 0.1) is 27.6 Å². The fourth-order valence-electron chi connectivity index (χ4n) is 3.79. The van der Waals surface area contributed by atoms with Crippen molar-refractivity contribution in [3.8, 4) is 11.4 Å². The lowest BCUT2D eigenvalue weighted by Gasteiger charge is -2.24. The SMILES string of the molecule is COc1cc(C(C)(C)C)c(-n2c(Sc3ccc(C(=O)c4ccccc4)cc3[N+](=O)[O-])n[nH]c2=O)cc1Cl. The molecule has 4 aromatic rings. The van der Waals surface area contributed by atoms with Crippen LogP contribution in [0.5, 0.6) is 5.75 Å². The average Bonchev–Trinajstić information content (AvgIpc) is 3.22. The number of methoxy groups -OCH3 is 1. The predicted molar refractivity (Wildman–Crippen MR) is 142 cm³/mol. The van der Waals surface area contributed by atoms with Gasteiger partial charge < -0.3 is 4.74 Å². The van der Waals surface area contributed by atoms with E-state index in [-0.39, 0.29) is 27.1 Å². The van der Waals surface area contributed by atoms with Crippen LogP contribution in [0.3, 0.4) is 0 Å². The summed E-state index contributed by atoms with van der Waals surface area (Å²) >= 11 is 7.33. The smallest absolute Gasteiger partial charge is 0.348 e. The Bertz CT molecular complexity index is 1560. The molecule has 9 nitrogen and oxygen atoms in total. The number of halogens is 1. The molecular weight excluding hydrogens is 516 g/mol. The van der Waals surface area contributed by atoms with Crippen LogP contribution in [-0.4, -0.2) is 32.6 Å². The van der Waals surface area contributed by atoms with Crippen LogP contribution in [-0.2, 0) is 5.41 Å². The number of carbonyl (C=O) groups is 1. The summed E-state index contributed by atoms with van der Waals surface area (Å²) in [4.78, 5) is 37.3. The quantitative estimate of drug-likeness (QED) is 0.179. The molecule has 0 fully saturated rings. The number of nitro benzene ring substituents is 1. The average molecular weight is 539 g/mol. The molecule has 0 saturated carbocycles. The summed E-state index contributed by atoms with van der Waals surface area (Å²) in [6, 6.07) is 16.1. The number of rotatable bonds is 7. The highest BCUT2D eigenvalue weighted by Gasteiger charge is 2.26. The molecule has 1 N–H and O–H groups in total. The molecule has 3 aromatic carbocycles. The zero-order valence-electron chi connectivity index (χ0n) is 20.4. The van der Waals surface area contributed by atoms with Crippen LogP contribution in [0.25, 0.3) is 5.69 Å². The Morgan fingerprint density at radius 2 is 1.81 bits per heavy atom. The van der Waals surface area contributed by atoms with Gasteiger partial charge in [-0.1, -0.05) is 62.7 Å². The molecule has 0 aliphatic rings. The molecule has 0 unspecified atom stereocenters. The van der Waals surface area contributed by atoms with Gasteiger partial charge >= 0.3 is 5.69 Å². The number of aromatic nitrogens is 3. The van der Waals surface area contributed by atoms with Crippen molar-refractivity contribution in [2.75, 3.05) is 7.11 Å². The number of aromatic amines is 1. The molecule has 1 heterocycles. The van der Waals surface area contributed by atoms with Gasteiger partial charge in [-0.2, -0.15) is 0 Å². The van der Waals surface area contributed by atoms with Gasteiger partial charge in [0, 0.05) is 17.2 Å². The molecule has 37 heavy (non-hydrogen) atoms. The first kappa shape index (κ1) is 26.2. The summed E-state index contributed by atoms with van der Waals surface area (Å²) in [5.41, 5.74) is 0.612. The summed E-state index contributed by atoms with van der Waals surface area (Å²) in [6.07, 6.45) is 0. The van der Waals surface area contributed by atoms with Crippen molar-refractivity contribution in [2.45, 2.75) is 36.2 Å². The van der Waals surface area contributed by atoms with Gasteiger partial charge in [-0.3, -0.25) is 14.9 Å². The number of ether oxygens (including phenoxy) is 1. The van der Waals surface area contributed by atoms with Gasteiger partial charge in [0.15, 0.2) is 5.78 Å². The summed E-state index contributed by atoms with van der Waals surface area (Å²) in [7, 11) is 1.50. The first-order chi connectivity index (χ1) is 17.5. The summed E-state index contributed by atoms with van der Waals surface area (Å²) in [5, 5.41) is 18.9. The molecule has 0 radical (unpaired) electrons. The van der Waals surface area contributed by atoms with Crippen LogP contribution in [0.2, 0.25) is 5.02 Å². The number of ketones is 1. The van der Waals surface area contributed by atoms with Gasteiger partial charge in [-0.25, -0.2) is 14.5 Å². The number of nitrogens with zero attached hydrogens (tertiary/aromatic N) is 3. The number of nitrogens with one attached hydrogen (secondary N) is 1. The molecule has 0 bridgehead atoms. The fraction of sp³-hybridized carbons (Fsp3) is 0.192. The van der Waals surface area contributed by atoms with Gasteiger partial charge in [-0.15, -0.1) is 5.10 Å². The van der Waals surface area contributed by atoms with Gasteiger partial charge in [-0.05, 0) is 47.0 Å². The van der Waals surface area contributed by atoms with E-state index in [9.17, 15) is 19.7 Å². The van der Waals surface area contributed by atoms with Crippen molar-refractivity contribution >= 4 is 34.8 Å². The van der Waals surface area contributed by atoms with E-state index in [1.807, 2.05) is 20.8 Å². The molecule has 0 aliphatic heterocycles. The lowest BCUT2D eigenvalue weighted by Crippen LogP contribution is -2.22. The van der Waals surface area contributed by atoms with E-state index >= 15 is 0 Å². The van der Waals surface area contributed by atoms with E-state index in [1.165, 1.54) is 29.9 Å². The number of benzene rings is 3. The van der Waals surface area contributed by atoms with Gasteiger partial charge in [0.2, 0.25) is 5.16 Å². The Hall–Kier alpha value is -3.89. The number of hydrogen-bond donors (Lipinski definition) is 1. The van der Waals surface area contributed by atoms with Crippen molar-refractivity contribution in [2.24, 2.45) is 0 Å². The van der Waals surface area contributed by atoms with Crippen molar-refractivity contribution < 1.29 is 14.5 Å². The van der Waals surface area contributed by atoms with Crippen molar-refractivity contribution in [1.82, 2.24) is 14.8 Å². The molecule has 0 atom stereocenters. The molecule has 0 amide bonds. The third-order valence-corrected chi connectivity index (χ3v) is 6.93. The minimum absolute atomic E-state index is 0.168. The summed E-state index contributed by atoms with van der Waals surface area (Å²) in [6.45, 7) is 5.93. The van der Waals surface area contributed by atoms with Crippen LogP contribution in [0, 0.1) is 10.1 Å². The Balaban J connectivity index is 1.80. The lowest BCUT2D eigenvalue weighted by molar-refractivity contribution is -0.387. The van der Waals surface area contributed by atoms with E-state index < -0.39 is 16.0 Å². The first-order valence-electron chi connectivity index (χ1n) is 11.1. The molecule has 0 spiro atoms. The monoisotopic (exact) mass is 538 g/mol. The van der Waals surface area contributed by atoms with Crippen LogP contribution < -0.4 is 10.4 Å². The second-order valence-corrected chi connectivity index (χ2v) is 10.6. The second kappa shape index (κ2) is 10.2. The van der Waals surface area contributed by atoms with E-state index in [0.29, 0.717) is 22.0 Å². The zero-order valence-corrected chi connectivity index (χ0v) is 22.0.